The van der Waals surface area contributed by atoms with Crippen molar-refractivity contribution in [1.82, 2.24) is 9.78 Å². The van der Waals surface area contributed by atoms with Crippen LogP contribution < -0.4 is 5.32 Å². The second-order valence-corrected chi connectivity index (χ2v) is 10.3. The molecule has 0 amide bonds. The third kappa shape index (κ3) is 6.64. The van der Waals surface area contributed by atoms with Crippen molar-refractivity contribution in [1.29, 1.82) is 5.26 Å². The molecule has 2 aromatic rings. The summed E-state index contributed by atoms with van der Waals surface area (Å²) >= 11 is 11.9. The summed E-state index contributed by atoms with van der Waals surface area (Å²) in [7, 11) is -3.87. The van der Waals surface area contributed by atoms with Crippen molar-refractivity contribution < 1.29 is 60.5 Å². The van der Waals surface area contributed by atoms with Crippen LogP contribution in [0.4, 0.5) is 32.2 Å². The summed E-state index contributed by atoms with van der Waals surface area (Å²) in [6.07, 6.45) is -13.1. The Kier molecular flexibility index (Phi) is 9.97. The van der Waals surface area contributed by atoms with Gasteiger partial charge in [-0.1, -0.05) is 23.2 Å². The summed E-state index contributed by atoms with van der Waals surface area (Å²) in [4.78, 5) is -1.19. The van der Waals surface area contributed by atoms with Crippen molar-refractivity contribution in [3.05, 3.63) is 33.4 Å². The normalized spacial score (nSPS) is 24.5. The topological polar surface area (TPSA) is 170 Å². The van der Waals surface area contributed by atoms with Crippen LogP contribution in [0.25, 0.3) is 5.69 Å². The predicted molar refractivity (Wildman–Crippen MR) is 124 cm³/mol. The number of hydrogen-bond acceptors (Lipinski definition) is 10. The molecule has 0 aliphatic carbocycles. The van der Waals surface area contributed by atoms with E-state index < -0.39 is 111 Å². The van der Waals surface area contributed by atoms with E-state index in [1.54, 1.807) is 0 Å². The number of anilines is 1. The largest absolute Gasteiger partial charge is 0.476 e. The number of nitrogens with zero attached hydrogens (tertiary/aromatic N) is 3. The zero-order valence-electron chi connectivity index (χ0n) is 19.4. The van der Waals surface area contributed by atoms with Crippen molar-refractivity contribution in [2.24, 2.45) is 0 Å². The maximum Gasteiger partial charge on any atom is 0.476 e. The number of rotatable bonds is 8. The average molecular weight is 643 g/mol. The van der Waals surface area contributed by atoms with Gasteiger partial charge in [-0.3, -0.25) is 0 Å². The molecule has 20 heteroatoms. The molecule has 0 radical (unpaired) electrons. The van der Waals surface area contributed by atoms with Crippen LogP contribution in [0.15, 0.2) is 17.0 Å². The zero-order valence-corrected chi connectivity index (χ0v) is 21.8. The fraction of sp³-hybridized carbons (Fsp3) is 0.500. The molecule has 1 unspecified atom stereocenters. The van der Waals surface area contributed by atoms with Crippen LogP contribution in [-0.2, 0) is 26.4 Å². The maximum absolute atomic E-state index is 13.4. The Balaban J connectivity index is 1.98. The zero-order chi connectivity index (χ0) is 30.2. The quantitative estimate of drug-likeness (QED) is 0.212. The number of hydrogen-bond donors (Lipinski definition) is 5. The number of ether oxygens (including phenoxy) is 2. The van der Waals surface area contributed by atoms with E-state index in [1.165, 1.54) is 6.07 Å². The molecule has 1 fully saturated rings. The molecule has 0 spiro atoms. The molecule has 0 bridgehead atoms. The van der Waals surface area contributed by atoms with Gasteiger partial charge in [0.15, 0.2) is 22.8 Å². The van der Waals surface area contributed by atoms with Gasteiger partial charge in [-0.15, -0.1) is 0 Å². The summed E-state index contributed by atoms with van der Waals surface area (Å²) in [6, 6.07) is 2.17. The summed E-state index contributed by atoms with van der Waals surface area (Å²) in [5.41, 5.74) is -8.27. The number of nitriles is 1. The molecular weight excluding hydrogens is 625 g/mol. The van der Waals surface area contributed by atoms with Crippen LogP contribution >= 0.6 is 23.2 Å². The van der Waals surface area contributed by atoms with Gasteiger partial charge < -0.3 is 35.2 Å². The molecule has 1 aliphatic heterocycles. The minimum Gasteiger partial charge on any atom is -0.394 e. The van der Waals surface area contributed by atoms with Crippen molar-refractivity contribution in [2.75, 3.05) is 25.1 Å². The SMILES string of the molecule is N#Cc1nn(-c2c(Cl)cc(C(F)(F)F)cc2Cl)c(NCCO[C@@H]2O[C@H](CO)[C@@H](O)[C@H](O)[C@H]2O)c1S(=O)C(F)(F)F. The highest BCUT2D eigenvalue weighted by atomic mass is 35.5. The monoisotopic (exact) mass is 642 g/mol. The number of aliphatic hydroxyl groups is 4. The molecule has 1 aromatic heterocycles. The van der Waals surface area contributed by atoms with E-state index >= 15 is 0 Å². The van der Waals surface area contributed by atoms with Crippen molar-refractivity contribution in [3.8, 4) is 11.8 Å². The van der Waals surface area contributed by atoms with Crippen LogP contribution in [0.3, 0.4) is 0 Å². The van der Waals surface area contributed by atoms with Crippen molar-refractivity contribution in [3.63, 3.8) is 0 Å². The van der Waals surface area contributed by atoms with E-state index in [-0.39, 0.29) is 0 Å². The smallest absolute Gasteiger partial charge is 0.394 e. The Bertz CT molecular complexity index is 1280. The van der Waals surface area contributed by atoms with Gasteiger partial charge in [0.25, 0.3) is 0 Å². The first kappa shape index (κ1) is 32.3. The molecule has 5 N–H and O–H groups in total. The molecular formula is C20H18Cl2F6N4O7S. The third-order valence-electron chi connectivity index (χ3n) is 5.42. The van der Waals surface area contributed by atoms with Gasteiger partial charge in [-0.25, -0.2) is 8.89 Å². The molecule has 40 heavy (non-hydrogen) atoms. The van der Waals surface area contributed by atoms with Gasteiger partial charge in [0.1, 0.15) is 46.9 Å². The van der Waals surface area contributed by atoms with Gasteiger partial charge in [0.05, 0.1) is 28.8 Å². The standard InChI is InChI=1S/C20H18Cl2F6N4O7S/c21-8-3-7(19(23,24)25)4-9(22)12(8)32-17(16(10(5-29)31-32)40(37)20(26,27)28)30-1-2-38-18-15(36)14(35)13(34)11(6-33)39-18/h3-4,11,13-15,18,30,33-36H,1-2,6H2/t11-,13-,14+,15-,18-,40?/m1/s1. The Morgan fingerprint density at radius 1 is 1.12 bits per heavy atom. The summed E-state index contributed by atoms with van der Waals surface area (Å²) < 4.78 is 103. The second kappa shape index (κ2) is 12.3. The highest BCUT2D eigenvalue weighted by molar-refractivity contribution is 7.86. The second-order valence-electron chi connectivity index (χ2n) is 8.05. The van der Waals surface area contributed by atoms with Gasteiger partial charge in [0, 0.05) is 6.54 Å². The summed E-state index contributed by atoms with van der Waals surface area (Å²) in [5.74, 6) is -0.784. The Labute approximate surface area is 232 Å². The van der Waals surface area contributed by atoms with Crippen molar-refractivity contribution >= 4 is 39.8 Å². The molecule has 1 saturated heterocycles. The minimum atomic E-state index is -5.39. The fourth-order valence-electron chi connectivity index (χ4n) is 3.57. The highest BCUT2D eigenvalue weighted by Gasteiger charge is 2.45. The molecule has 3 rings (SSSR count). The lowest BCUT2D eigenvalue weighted by Crippen LogP contribution is -2.59. The number of aromatic nitrogens is 2. The first-order valence-electron chi connectivity index (χ1n) is 10.8. The Morgan fingerprint density at radius 3 is 2.23 bits per heavy atom. The molecule has 1 aromatic carbocycles. The highest BCUT2D eigenvalue weighted by Crippen LogP contribution is 2.41. The first-order chi connectivity index (χ1) is 18.5. The van der Waals surface area contributed by atoms with Gasteiger partial charge >= 0.3 is 11.7 Å². The van der Waals surface area contributed by atoms with E-state index in [0.717, 1.165) is 0 Å². The first-order valence-corrected chi connectivity index (χ1v) is 12.7. The van der Waals surface area contributed by atoms with E-state index in [2.05, 4.69) is 10.4 Å². The van der Waals surface area contributed by atoms with Crippen LogP contribution in [0.5, 0.6) is 0 Å². The Hall–Kier alpha value is -2.21. The average Bonchev–Trinajstić information content (AvgIpc) is 3.22. The van der Waals surface area contributed by atoms with E-state index in [9.17, 15) is 56.2 Å². The van der Waals surface area contributed by atoms with Gasteiger partial charge in [0.2, 0.25) is 0 Å². The molecule has 6 atom stereocenters. The predicted octanol–water partition coefficient (Wildman–Crippen LogP) is 1.93. The van der Waals surface area contributed by atoms with E-state index in [0.29, 0.717) is 16.8 Å². The number of halogens is 8. The number of nitrogens with one attached hydrogen (secondary N) is 1. The maximum atomic E-state index is 13.4. The van der Waals surface area contributed by atoms with Gasteiger partial charge in [-0.2, -0.15) is 36.7 Å². The van der Waals surface area contributed by atoms with Crippen LogP contribution in [0.1, 0.15) is 11.3 Å². The number of aliphatic hydroxyl groups excluding tert-OH is 4. The third-order valence-corrected chi connectivity index (χ3v) is 7.18. The molecule has 11 nitrogen and oxygen atoms in total. The van der Waals surface area contributed by atoms with Crippen LogP contribution in [0.2, 0.25) is 10.0 Å². The lowest BCUT2D eigenvalue weighted by atomic mass is 9.99. The number of alkyl halides is 6. The lowest BCUT2D eigenvalue weighted by Gasteiger charge is -2.39. The molecule has 2 heterocycles. The molecule has 1 aliphatic rings. The molecule has 0 saturated carbocycles. The minimum absolute atomic E-state index is 0.420. The number of benzene rings is 1. The fourth-order valence-corrected chi connectivity index (χ4v) is 5.04. The van der Waals surface area contributed by atoms with E-state index in [4.69, 9.17) is 32.7 Å². The van der Waals surface area contributed by atoms with Crippen LogP contribution in [-0.4, -0.2) is 90.4 Å². The summed E-state index contributed by atoms with van der Waals surface area (Å²) in [6.45, 7) is -1.79. The van der Waals surface area contributed by atoms with E-state index in [1.807, 2.05) is 0 Å². The summed E-state index contributed by atoms with van der Waals surface area (Å²) in [5, 5.41) is 52.8. The molecule has 222 valence electrons. The van der Waals surface area contributed by atoms with Crippen molar-refractivity contribution in [2.45, 2.75) is 47.3 Å². The van der Waals surface area contributed by atoms with Crippen LogP contribution in [0, 0.1) is 11.3 Å². The Morgan fingerprint density at radius 2 is 1.73 bits per heavy atom. The lowest BCUT2D eigenvalue weighted by molar-refractivity contribution is -0.300. The van der Waals surface area contributed by atoms with Gasteiger partial charge in [-0.05, 0) is 12.1 Å².